The third kappa shape index (κ3) is 5.38. The molecule has 1 aromatic carbocycles. The first-order chi connectivity index (χ1) is 15.6. The van der Waals surface area contributed by atoms with Crippen LogP contribution >= 0.6 is 0 Å². The van der Waals surface area contributed by atoms with Crippen molar-refractivity contribution in [3.63, 3.8) is 0 Å². The van der Waals surface area contributed by atoms with Crippen LogP contribution in [-0.4, -0.2) is 59.5 Å². The van der Waals surface area contributed by atoms with E-state index >= 15 is 0 Å². The molecule has 1 saturated heterocycles. The number of anilines is 1. The van der Waals surface area contributed by atoms with E-state index in [-0.39, 0.29) is 17.8 Å². The average molecular weight is 441 g/mol. The van der Waals surface area contributed by atoms with Gasteiger partial charge in [0.1, 0.15) is 12.4 Å². The molecule has 0 spiro atoms. The van der Waals surface area contributed by atoms with Gasteiger partial charge in [-0.3, -0.25) is 0 Å². The molecule has 1 aliphatic heterocycles. The Morgan fingerprint density at radius 2 is 2.22 bits per heavy atom. The van der Waals surface area contributed by atoms with Crippen LogP contribution in [0.1, 0.15) is 24.7 Å². The largest absolute Gasteiger partial charge is 0.475 e. The van der Waals surface area contributed by atoms with Gasteiger partial charge in [-0.1, -0.05) is 17.3 Å². The fraction of sp³-hybridized carbons (Fsp3) is 0.364. The lowest BCUT2D eigenvalue weighted by Crippen LogP contribution is -2.41. The summed E-state index contributed by atoms with van der Waals surface area (Å²) >= 11 is 0. The first kappa shape index (κ1) is 21.7. The summed E-state index contributed by atoms with van der Waals surface area (Å²) in [6, 6.07) is 9.24. The Labute approximate surface area is 184 Å². The van der Waals surface area contributed by atoms with Crippen LogP contribution < -0.4 is 10.1 Å². The molecule has 3 aromatic rings. The number of rotatable bonds is 7. The number of piperidine rings is 1. The monoisotopic (exact) mass is 441 g/mol. The molecule has 9 nitrogen and oxygen atoms in total. The maximum atomic E-state index is 13.5. The topological polar surface area (TPSA) is 103 Å². The Morgan fingerprint density at radius 3 is 3.00 bits per heavy atom. The molecule has 1 aliphatic rings. The van der Waals surface area contributed by atoms with Gasteiger partial charge in [0.2, 0.25) is 17.6 Å². The van der Waals surface area contributed by atoms with E-state index in [9.17, 15) is 9.18 Å². The molecular formula is C22H24FN5O4. The quantitative estimate of drug-likeness (QED) is 0.558. The summed E-state index contributed by atoms with van der Waals surface area (Å²) < 4.78 is 29.2. The second-order valence-corrected chi connectivity index (χ2v) is 7.41. The normalized spacial score (nSPS) is 16.1. The number of hydrogen-bond acceptors (Lipinski definition) is 7. The van der Waals surface area contributed by atoms with Crippen molar-refractivity contribution < 1.29 is 23.2 Å². The third-order valence-corrected chi connectivity index (χ3v) is 5.11. The molecule has 168 valence electrons. The smallest absolute Gasteiger partial charge is 0.321 e. The average Bonchev–Trinajstić information content (AvgIpc) is 3.31. The number of likely N-dealkylation sites (tertiary alicyclic amines) is 1. The van der Waals surface area contributed by atoms with E-state index in [2.05, 4.69) is 20.4 Å². The van der Waals surface area contributed by atoms with Gasteiger partial charge in [0.25, 0.3) is 0 Å². The molecule has 2 amide bonds. The van der Waals surface area contributed by atoms with Crippen molar-refractivity contribution in [2.24, 2.45) is 0 Å². The minimum absolute atomic E-state index is 0.0843. The zero-order chi connectivity index (χ0) is 22.3. The predicted molar refractivity (Wildman–Crippen MR) is 114 cm³/mol. The number of nitrogens with one attached hydrogen (secondary N) is 1. The van der Waals surface area contributed by atoms with Crippen LogP contribution in [0, 0.1) is 5.82 Å². The van der Waals surface area contributed by atoms with Gasteiger partial charge in [0.05, 0.1) is 24.4 Å². The van der Waals surface area contributed by atoms with Crippen molar-refractivity contribution in [2.75, 3.05) is 38.7 Å². The van der Waals surface area contributed by atoms with Crippen LogP contribution in [0.5, 0.6) is 5.88 Å². The van der Waals surface area contributed by atoms with Crippen LogP contribution in [0.25, 0.3) is 11.4 Å². The highest BCUT2D eigenvalue weighted by Crippen LogP contribution is 2.28. The van der Waals surface area contributed by atoms with Crippen LogP contribution in [0.2, 0.25) is 0 Å². The van der Waals surface area contributed by atoms with E-state index in [1.54, 1.807) is 42.5 Å². The lowest BCUT2D eigenvalue weighted by Gasteiger charge is -2.31. The van der Waals surface area contributed by atoms with Gasteiger partial charge in [0, 0.05) is 31.8 Å². The van der Waals surface area contributed by atoms with Crippen molar-refractivity contribution >= 4 is 11.7 Å². The SMILES string of the molecule is COCCOc1ccc(NC(=O)N2CCCC(c3nc(-c4cccc(F)c4)no3)C2)cn1. The van der Waals surface area contributed by atoms with E-state index in [1.165, 1.54) is 12.1 Å². The Morgan fingerprint density at radius 1 is 1.31 bits per heavy atom. The number of urea groups is 1. The fourth-order valence-electron chi connectivity index (χ4n) is 3.48. The molecule has 2 aromatic heterocycles. The minimum Gasteiger partial charge on any atom is -0.475 e. The first-order valence-corrected chi connectivity index (χ1v) is 10.4. The molecule has 3 heterocycles. The number of ether oxygens (including phenoxy) is 2. The summed E-state index contributed by atoms with van der Waals surface area (Å²) in [5.41, 5.74) is 1.12. The fourth-order valence-corrected chi connectivity index (χ4v) is 3.48. The summed E-state index contributed by atoms with van der Waals surface area (Å²) in [6.45, 7) is 1.95. The van der Waals surface area contributed by atoms with Gasteiger partial charge < -0.3 is 24.2 Å². The zero-order valence-corrected chi connectivity index (χ0v) is 17.7. The number of benzene rings is 1. The van der Waals surface area contributed by atoms with Crippen LogP contribution in [0.3, 0.4) is 0 Å². The second-order valence-electron chi connectivity index (χ2n) is 7.41. The van der Waals surface area contributed by atoms with E-state index in [0.717, 1.165) is 12.8 Å². The molecule has 0 radical (unpaired) electrons. The molecule has 0 saturated carbocycles. The Bertz CT molecular complexity index is 1040. The predicted octanol–water partition coefficient (Wildman–Crippen LogP) is 3.71. The lowest BCUT2D eigenvalue weighted by atomic mass is 9.98. The molecule has 0 aliphatic carbocycles. The molecule has 10 heteroatoms. The molecule has 1 unspecified atom stereocenters. The number of aromatic nitrogens is 3. The van der Waals surface area contributed by atoms with Crippen LogP contribution in [0.4, 0.5) is 14.9 Å². The van der Waals surface area contributed by atoms with Crippen molar-refractivity contribution in [3.8, 4) is 17.3 Å². The van der Waals surface area contributed by atoms with Crippen molar-refractivity contribution in [2.45, 2.75) is 18.8 Å². The molecule has 4 rings (SSSR count). The number of methoxy groups -OCH3 is 1. The summed E-state index contributed by atoms with van der Waals surface area (Å²) in [5, 5.41) is 6.83. The Hall–Kier alpha value is -3.53. The lowest BCUT2D eigenvalue weighted by molar-refractivity contribution is 0.144. The molecule has 1 fully saturated rings. The van der Waals surface area contributed by atoms with E-state index < -0.39 is 0 Å². The standard InChI is InChI=1S/C22H24FN5O4/c1-30-10-11-31-19-8-7-18(13-24-19)25-22(29)28-9-3-5-16(14-28)21-26-20(27-32-21)15-4-2-6-17(23)12-15/h2,4,6-8,12-13,16H,3,5,9-11,14H2,1H3,(H,25,29). The molecule has 1 N–H and O–H groups in total. The van der Waals surface area contributed by atoms with Crippen molar-refractivity contribution in [3.05, 3.63) is 54.3 Å². The van der Waals surface area contributed by atoms with Gasteiger partial charge in [0.15, 0.2) is 0 Å². The molecule has 32 heavy (non-hydrogen) atoms. The third-order valence-electron chi connectivity index (χ3n) is 5.11. The van der Waals surface area contributed by atoms with Gasteiger partial charge in [-0.05, 0) is 31.0 Å². The highest BCUT2D eigenvalue weighted by molar-refractivity contribution is 5.89. The summed E-state index contributed by atoms with van der Waals surface area (Å²) in [6.07, 6.45) is 3.18. The van der Waals surface area contributed by atoms with Gasteiger partial charge >= 0.3 is 6.03 Å². The number of pyridine rings is 1. The Kier molecular flexibility index (Phi) is 6.90. The minimum atomic E-state index is -0.363. The number of halogens is 1. The summed E-state index contributed by atoms with van der Waals surface area (Å²) in [4.78, 5) is 23.1. The van der Waals surface area contributed by atoms with Gasteiger partial charge in [-0.25, -0.2) is 14.2 Å². The van der Waals surface area contributed by atoms with E-state index in [0.29, 0.717) is 55.1 Å². The number of carbonyl (C=O) groups excluding carboxylic acids is 1. The molecule has 0 bridgehead atoms. The maximum absolute atomic E-state index is 13.5. The summed E-state index contributed by atoms with van der Waals surface area (Å²) in [7, 11) is 1.60. The number of hydrogen-bond donors (Lipinski definition) is 1. The van der Waals surface area contributed by atoms with Crippen LogP contribution in [0.15, 0.2) is 47.1 Å². The maximum Gasteiger partial charge on any atom is 0.321 e. The number of carbonyl (C=O) groups is 1. The van der Waals surface area contributed by atoms with Crippen molar-refractivity contribution in [1.82, 2.24) is 20.0 Å². The van der Waals surface area contributed by atoms with E-state index in [4.69, 9.17) is 14.0 Å². The Balaban J connectivity index is 1.35. The van der Waals surface area contributed by atoms with Gasteiger partial charge in [-0.15, -0.1) is 0 Å². The zero-order valence-electron chi connectivity index (χ0n) is 17.7. The van der Waals surface area contributed by atoms with Crippen molar-refractivity contribution in [1.29, 1.82) is 0 Å². The number of nitrogens with zero attached hydrogens (tertiary/aromatic N) is 4. The second kappa shape index (κ2) is 10.2. The first-order valence-electron chi connectivity index (χ1n) is 10.4. The molecular weight excluding hydrogens is 417 g/mol. The highest BCUT2D eigenvalue weighted by Gasteiger charge is 2.29. The summed E-state index contributed by atoms with van der Waals surface area (Å²) in [5.74, 6) is 0.793. The highest BCUT2D eigenvalue weighted by atomic mass is 19.1. The molecule has 1 atom stereocenters. The van der Waals surface area contributed by atoms with E-state index in [1.807, 2.05) is 0 Å². The van der Waals surface area contributed by atoms with Gasteiger partial charge in [-0.2, -0.15) is 4.98 Å². The number of amides is 2. The van der Waals surface area contributed by atoms with Crippen LogP contribution in [-0.2, 0) is 4.74 Å².